The predicted octanol–water partition coefficient (Wildman–Crippen LogP) is 0.316. The van der Waals surface area contributed by atoms with E-state index in [1.165, 1.54) is 0 Å². The molecule has 2 bridgehead atoms. The Kier molecular flexibility index (Phi) is 13.4. The SMILES string of the molecule is Cl.Cl.NCCCNCC[S][Ge]12[O]CCN(CC[O]1)CC[O]2. The van der Waals surface area contributed by atoms with E-state index in [1.807, 2.05) is 0 Å². The Morgan fingerprint density at radius 3 is 2.10 bits per heavy atom. The zero-order valence-electron chi connectivity index (χ0n) is 12.3. The van der Waals surface area contributed by atoms with Gasteiger partial charge in [0.15, 0.2) is 0 Å². The molecular weight excluding hydrogens is 398 g/mol. The van der Waals surface area contributed by atoms with Gasteiger partial charge in [0.1, 0.15) is 0 Å². The molecule has 6 nitrogen and oxygen atoms in total. The van der Waals surface area contributed by atoms with Gasteiger partial charge in [-0.1, -0.05) is 0 Å². The molecule has 10 heteroatoms. The van der Waals surface area contributed by atoms with Gasteiger partial charge in [0.2, 0.25) is 0 Å². The fourth-order valence-corrected chi connectivity index (χ4v) is 10.6. The van der Waals surface area contributed by atoms with E-state index in [0.717, 1.165) is 71.3 Å². The maximum atomic E-state index is 5.99. The molecule has 0 aliphatic carbocycles. The van der Waals surface area contributed by atoms with E-state index in [-0.39, 0.29) is 24.8 Å². The molecule has 3 aliphatic heterocycles. The number of halogens is 2. The maximum absolute atomic E-state index is 5.99. The molecule has 21 heavy (non-hydrogen) atoms. The summed E-state index contributed by atoms with van der Waals surface area (Å²) in [5.74, 6) is 0.980. The summed E-state index contributed by atoms with van der Waals surface area (Å²) in [6, 6.07) is 0. The fraction of sp³-hybridized carbons (Fsp3) is 1.00. The molecule has 3 heterocycles. The van der Waals surface area contributed by atoms with Crippen molar-refractivity contribution >= 4 is 48.0 Å². The Labute approximate surface area is 146 Å². The van der Waals surface area contributed by atoms with Crippen molar-refractivity contribution in [3.63, 3.8) is 0 Å². The number of hydrogen-bond donors (Lipinski definition) is 2. The van der Waals surface area contributed by atoms with Crippen molar-refractivity contribution in [2.24, 2.45) is 5.73 Å². The van der Waals surface area contributed by atoms with Gasteiger partial charge < -0.3 is 0 Å². The van der Waals surface area contributed by atoms with Crippen LogP contribution >= 0.6 is 34.9 Å². The summed E-state index contributed by atoms with van der Waals surface area (Å²) >= 11 is -3.02. The number of nitrogens with zero attached hydrogens (tertiary/aromatic N) is 1. The van der Waals surface area contributed by atoms with Crippen molar-refractivity contribution in [2.45, 2.75) is 6.42 Å². The Balaban J connectivity index is 0.00000200. The second kappa shape index (κ2) is 12.6. The number of hydrogen-bond acceptors (Lipinski definition) is 7. The summed E-state index contributed by atoms with van der Waals surface area (Å²) in [7, 11) is 1.78. The Morgan fingerprint density at radius 1 is 1.00 bits per heavy atom. The van der Waals surface area contributed by atoms with Crippen LogP contribution in [0.5, 0.6) is 0 Å². The first-order chi connectivity index (χ1) is 9.35. The summed E-state index contributed by atoms with van der Waals surface area (Å²) in [4.78, 5) is 2.34. The van der Waals surface area contributed by atoms with Crippen LogP contribution in [-0.4, -0.2) is 82.9 Å². The van der Waals surface area contributed by atoms with E-state index in [0.29, 0.717) is 0 Å². The van der Waals surface area contributed by atoms with Crippen molar-refractivity contribution in [1.29, 1.82) is 0 Å². The molecule has 0 aromatic carbocycles. The van der Waals surface area contributed by atoms with Crippen LogP contribution in [0, 0.1) is 0 Å². The summed E-state index contributed by atoms with van der Waals surface area (Å²) < 4.78 is 18.0. The van der Waals surface area contributed by atoms with Crippen LogP contribution in [-0.2, 0) is 11.3 Å². The van der Waals surface area contributed by atoms with Gasteiger partial charge in [-0.3, -0.25) is 0 Å². The zero-order valence-corrected chi connectivity index (χ0v) is 16.8. The second-order valence-electron chi connectivity index (χ2n) is 4.63. The molecule has 3 saturated heterocycles. The Hall–Kier alpha value is 1.23. The predicted molar refractivity (Wildman–Crippen MR) is 93.5 cm³/mol. The minimum atomic E-state index is -3.02. The zero-order chi connectivity index (χ0) is 13.4. The van der Waals surface area contributed by atoms with Gasteiger partial charge in [0.05, 0.1) is 0 Å². The number of nitrogens with two attached hydrogens (primary N) is 1. The Bertz CT molecular complexity index is 246. The number of fused-ring (bicyclic) bond motifs is 6. The first-order valence-electron chi connectivity index (χ1n) is 7.04. The minimum absolute atomic E-state index is 0. The average Bonchev–Trinajstić information content (AvgIpc) is 2.34. The van der Waals surface area contributed by atoms with Crippen LogP contribution in [0.1, 0.15) is 6.42 Å². The molecule has 0 aromatic rings. The summed E-state index contributed by atoms with van der Waals surface area (Å²) in [5.41, 5.74) is 5.46. The molecule has 0 radical (unpaired) electrons. The first-order valence-corrected chi connectivity index (χ1v) is 13.2. The molecule has 3 N–H and O–H groups in total. The molecular formula is C11H27Cl2GeN3O3S. The second-order valence-corrected chi connectivity index (χ2v) is 13.7. The van der Waals surface area contributed by atoms with E-state index < -0.39 is 13.1 Å². The van der Waals surface area contributed by atoms with Crippen LogP contribution in [0.25, 0.3) is 0 Å². The summed E-state index contributed by atoms with van der Waals surface area (Å²) in [6.07, 6.45) is 1.02. The van der Waals surface area contributed by atoms with E-state index in [9.17, 15) is 0 Å². The van der Waals surface area contributed by atoms with Crippen LogP contribution in [0.15, 0.2) is 0 Å². The third-order valence-corrected chi connectivity index (χ3v) is 12.8. The summed E-state index contributed by atoms with van der Waals surface area (Å²) in [5, 5.41) is 3.38. The summed E-state index contributed by atoms with van der Waals surface area (Å²) in [6.45, 7) is 7.94. The molecule has 0 atom stereocenters. The van der Waals surface area contributed by atoms with Crippen molar-refractivity contribution < 1.29 is 11.3 Å². The third kappa shape index (κ3) is 8.05. The van der Waals surface area contributed by atoms with Crippen molar-refractivity contribution in [3.8, 4) is 0 Å². The monoisotopic (exact) mass is 425 g/mol. The average molecular weight is 425 g/mol. The van der Waals surface area contributed by atoms with E-state index in [2.05, 4.69) is 10.2 Å². The standard InChI is InChI=1S/C11H25GeN3O3S.2ClH/c13-2-1-3-14-4-11-19-12-16-8-5-15(6-9-17-12)7-10-18-12;;/h14H,1-11,13H2;2*1H. The van der Waals surface area contributed by atoms with E-state index in [1.54, 1.807) is 10.1 Å². The topological polar surface area (TPSA) is 69.0 Å². The number of nitrogens with one attached hydrogen (secondary N) is 1. The van der Waals surface area contributed by atoms with E-state index in [4.69, 9.17) is 17.0 Å². The molecule has 3 fully saturated rings. The van der Waals surface area contributed by atoms with Crippen molar-refractivity contribution in [2.75, 3.05) is 64.8 Å². The quantitative estimate of drug-likeness (QED) is 0.450. The normalized spacial score (nSPS) is 28.7. The van der Waals surface area contributed by atoms with Crippen LogP contribution in [0.2, 0.25) is 0 Å². The molecule has 0 aromatic heterocycles. The van der Waals surface area contributed by atoms with Gasteiger partial charge in [-0.2, -0.15) is 0 Å². The van der Waals surface area contributed by atoms with Gasteiger partial charge in [0, 0.05) is 0 Å². The van der Waals surface area contributed by atoms with Gasteiger partial charge in [0.25, 0.3) is 0 Å². The molecule has 0 saturated carbocycles. The number of rotatable bonds is 7. The van der Waals surface area contributed by atoms with Crippen LogP contribution in [0.3, 0.4) is 0 Å². The molecule has 3 aliphatic rings. The van der Waals surface area contributed by atoms with Gasteiger partial charge >= 0.3 is 122 Å². The van der Waals surface area contributed by atoms with Crippen LogP contribution < -0.4 is 11.1 Å². The van der Waals surface area contributed by atoms with Gasteiger partial charge in [-0.15, -0.1) is 24.8 Å². The molecule has 128 valence electrons. The van der Waals surface area contributed by atoms with E-state index >= 15 is 0 Å². The third-order valence-electron chi connectivity index (χ3n) is 3.17. The van der Waals surface area contributed by atoms with Gasteiger partial charge in [-0.05, 0) is 0 Å². The van der Waals surface area contributed by atoms with Crippen molar-refractivity contribution in [3.05, 3.63) is 0 Å². The van der Waals surface area contributed by atoms with Crippen LogP contribution in [0.4, 0.5) is 0 Å². The molecule has 3 rings (SSSR count). The Morgan fingerprint density at radius 2 is 1.57 bits per heavy atom. The first kappa shape index (κ1) is 22.2. The fourth-order valence-electron chi connectivity index (χ4n) is 2.08. The molecule has 0 unspecified atom stereocenters. The molecule has 0 amide bonds. The molecule has 0 spiro atoms. The van der Waals surface area contributed by atoms with Crippen molar-refractivity contribution in [1.82, 2.24) is 10.2 Å². The van der Waals surface area contributed by atoms with Gasteiger partial charge in [-0.25, -0.2) is 0 Å².